The van der Waals surface area contributed by atoms with Gasteiger partial charge in [-0.05, 0) is 44.4 Å². The van der Waals surface area contributed by atoms with E-state index in [9.17, 15) is 4.89 Å². The molecular formula is C18H21OP. The molecule has 2 heteroatoms. The summed E-state index contributed by atoms with van der Waals surface area (Å²) in [5.41, 5.74) is 5.93. The van der Waals surface area contributed by atoms with Gasteiger partial charge in [0, 0.05) is 11.1 Å². The lowest BCUT2D eigenvalue weighted by molar-refractivity contribution is -0.149. The van der Waals surface area contributed by atoms with Crippen LogP contribution in [0.25, 0.3) is 0 Å². The van der Waals surface area contributed by atoms with Gasteiger partial charge in [-0.25, -0.2) is 0 Å². The van der Waals surface area contributed by atoms with Gasteiger partial charge in [-0.2, -0.15) is 0 Å². The molecule has 0 fully saturated rings. The molecular weight excluding hydrogens is 263 g/mol. The predicted octanol–water partition coefficient (Wildman–Crippen LogP) is 3.41. The molecule has 2 aromatic rings. The molecule has 0 aliphatic rings. The van der Waals surface area contributed by atoms with Crippen LogP contribution in [0.5, 0.6) is 0 Å². The molecule has 2 rings (SSSR count). The molecule has 1 unspecified atom stereocenters. The van der Waals surface area contributed by atoms with Gasteiger partial charge in [-0.1, -0.05) is 42.8 Å². The molecule has 0 aliphatic heterocycles. The van der Waals surface area contributed by atoms with Crippen LogP contribution in [0.4, 0.5) is 0 Å². The lowest BCUT2D eigenvalue weighted by Gasteiger charge is -2.08. The van der Waals surface area contributed by atoms with Crippen molar-refractivity contribution in [2.75, 3.05) is 0 Å². The maximum atomic E-state index is 12.7. The Morgan fingerprint density at radius 2 is 1.65 bits per heavy atom. The van der Waals surface area contributed by atoms with E-state index in [2.05, 4.69) is 45.9 Å². The van der Waals surface area contributed by atoms with Crippen molar-refractivity contribution in [3.63, 3.8) is 0 Å². The molecule has 0 saturated heterocycles. The van der Waals surface area contributed by atoms with Crippen molar-refractivity contribution in [1.82, 2.24) is 0 Å². The number of benzene rings is 2. The summed E-state index contributed by atoms with van der Waals surface area (Å²) in [5, 5.41) is 0.962. The average Bonchev–Trinajstić information content (AvgIpc) is 2.42. The second-order valence-corrected chi connectivity index (χ2v) is 6.64. The third kappa shape index (κ3) is 3.17. The Morgan fingerprint density at radius 3 is 2.25 bits per heavy atom. The summed E-state index contributed by atoms with van der Waals surface area (Å²) < 4.78 is 0. The maximum Gasteiger partial charge on any atom is 0.148 e. The van der Waals surface area contributed by atoms with Crippen molar-refractivity contribution in [3.05, 3.63) is 64.2 Å². The summed E-state index contributed by atoms with van der Waals surface area (Å²) in [7, 11) is -1.50. The van der Waals surface area contributed by atoms with Gasteiger partial charge in [0.15, 0.2) is 0 Å². The van der Waals surface area contributed by atoms with E-state index >= 15 is 0 Å². The summed E-state index contributed by atoms with van der Waals surface area (Å²) in [5.74, 6) is 1.92. The van der Waals surface area contributed by atoms with Crippen molar-refractivity contribution >= 4 is 18.9 Å². The fraction of sp³-hybridized carbons (Fsp3) is 0.278. The van der Waals surface area contributed by atoms with E-state index in [0.717, 1.165) is 17.3 Å². The standard InChI is InChI=1S/C18H21OP/c1-5-16-8-6-7-9-18(16)20(19)12-17-14(3)10-13(2)11-15(17)4/h6-12H,5H2,1-4H3. The Labute approximate surface area is 122 Å². The van der Waals surface area contributed by atoms with E-state index in [-0.39, 0.29) is 0 Å². The van der Waals surface area contributed by atoms with E-state index in [0.29, 0.717) is 0 Å². The minimum atomic E-state index is -1.50. The lowest BCUT2D eigenvalue weighted by Crippen LogP contribution is -2.12. The summed E-state index contributed by atoms with van der Waals surface area (Å²) in [6.45, 7) is 8.36. The predicted molar refractivity (Wildman–Crippen MR) is 88.2 cm³/mol. The molecule has 0 saturated carbocycles. The van der Waals surface area contributed by atoms with Crippen LogP contribution in [0, 0.1) is 20.8 Å². The van der Waals surface area contributed by atoms with Gasteiger partial charge in [0.05, 0.1) is 7.77 Å². The Balaban J connectivity index is 2.50. The molecule has 104 valence electrons. The van der Waals surface area contributed by atoms with Crippen molar-refractivity contribution in [3.8, 4) is 0 Å². The molecule has 0 aromatic heterocycles. The van der Waals surface area contributed by atoms with Crippen LogP contribution in [0.1, 0.15) is 34.7 Å². The van der Waals surface area contributed by atoms with Crippen molar-refractivity contribution < 1.29 is 4.89 Å². The van der Waals surface area contributed by atoms with Gasteiger partial charge in [0.1, 0.15) is 11.1 Å². The maximum absolute atomic E-state index is 12.7. The highest BCUT2D eigenvalue weighted by molar-refractivity contribution is 7.58. The van der Waals surface area contributed by atoms with Crippen LogP contribution < -0.4 is 10.2 Å². The molecule has 0 bridgehead atoms. The lowest BCUT2D eigenvalue weighted by atomic mass is 10.0. The van der Waals surface area contributed by atoms with Crippen molar-refractivity contribution in [2.45, 2.75) is 34.1 Å². The van der Waals surface area contributed by atoms with E-state index in [1.165, 1.54) is 22.3 Å². The fourth-order valence-corrected chi connectivity index (χ4v) is 4.14. The van der Waals surface area contributed by atoms with Gasteiger partial charge in [-0.3, -0.25) is 0 Å². The highest BCUT2D eigenvalue weighted by Gasteiger charge is 2.11. The first-order valence-corrected chi connectivity index (χ1v) is 8.32. The smallest absolute Gasteiger partial charge is 0.148 e. The van der Waals surface area contributed by atoms with Gasteiger partial charge in [0.25, 0.3) is 0 Å². The van der Waals surface area contributed by atoms with E-state index in [4.69, 9.17) is 0 Å². The summed E-state index contributed by atoms with van der Waals surface area (Å²) in [6, 6.07) is 12.3. The monoisotopic (exact) mass is 284 g/mol. The zero-order valence-electron chi connectivity index (χ0n) is 12.6. The highest BCUT2D eigenvalue weighted by atomic mass is 31.1. The minimum Gasteiger partial charge on any atom is -0.626 e. The van der Waals surface area contributed by atoms with Crippen LogP contribution in [0.3, 0.4) is 0 Å². The van der Waals surface area contributed by atoms with Gasteiger partial charge >= 0.3 is 0 Å². The molecule has 1 atom stereocenters. The third-order valence-electron chi connectivity index (χ3n) is 3.59. The first kappa shape index (κ1) is 15.0. The van der Waals surface area contributed by atoms with E-state index < -0.39 is 7.77 Å². The van der Waals surface area contributed by atoms with Crippen LogP contribution in [-0.2, 0) is 6.42 Å². The number of hydrogen-bond acceptors (Lipinski definition) is 1. The van der Waals surface area contributed by atoms with Crippen LogP contribution in [0.2, 0.25) is 0 Å². The Morgan fingerprint density at radius 1 is 1.05 bits per heavy atom. The molecule has 2 aromatic carbocycles. The second-order valence-electron chi connectivity index (χ2n) is 5.25. The minimum absolute atomic E-state index is 0.914. The van der Waals surface area contributed by atoms with Crippen molar-refractivity contribution in [1.29, 1.82) is 0 Å². The fourth-order valence-electron chi connectivity index (χ4n) is 2.61. The largest absolute Gasteiger partial charge is 0.626 e. The summed E-state index contributed by atoms with van der Waals surface area (Å²) in [6.07, 6.45) is 0.914. The topological polar surface area (TPSA) is 23.1 Å². The second kappa shape index (κ2) is 6.35. The number of hydrogen-bond donors (Lipinski definition) is 0. The normalized spacial score (nSPS) is 11.8. The van der Waals surface area contributed by atoms with Gasteiger partial charge in [0.2, 0.25) is 0 Å². The zero-order valence-corrected chi connectivity index (χ0v) is 13.5. The Kier molecular flexibility index (Phi) is 4.75. The van der Waals surface area contributed by atoms with Gasteiger partial charge in [-0.15, -0.1) is 0 Å². The van der Waals surface area contributed by atoms with Crippen LogP contribution in [-0.4, -0.2) is 5.80 Å². The molecule has 0 radical (unpaired) electrons. The van der Waals surface area contributed by atoms with Gasteiger partial charge < -0.3 is 4.89 Å². The van der Waals surface area contributed by atoms with E-state index in [1.54, 1.807) is 0 Å². The molecule has 1 nitrogen and oxygen atoms in total. The summed E-state index contributed by atoms with van der Waals surface area (Å²) in [4.78, 5) is 12.7. The van der Waals surface area contributed by atoms with Crippen LogP contribution in [0.15, 0.2) is 36.4 Å². The number of rotatable bonds is 3. The first-order valence-electron chi connectivity index (χ1n) is 7.00. The quantitative estimate of drug-likeness (QED) is 0.792. The molecule has 0 spiro atoms. The molecule has 0 aliphatic carbocycles. The molecule has 0 amide bonds. The van der Waals surface area contributed by atoms with Crippen LogP contribution >= 0.6 is 7.77 Å². The van der Waals surface area contributed by atoms with E-state index in [1.807, 2.05) is 24.0 Å². The summed E-state index contributed by atoms with van der Waals surface area (Å²) >= 11 is 0. The van der Waals surface area contributed by atoms with Crippen molar-refractivity contribution in [2.24, 2.45) is 0 Å². The Bertz CT molecular complexity index is 633. The molecule has 0 N–H and O–H groups in total. The number of aryl methyl sites for hydroxylation is 4. The first-order chi connectivity index (χ1) is 9.52. The third-order valence-corrected chi connectivity index (χ3v) is 5.00. The SMILES string of the molecule is CCc1ccccc1[P+]([O-])=Cc1c(C)cc(C)cc1C. The molecule has 20 heavy (non-hydrogen) atoms. The Hall–Kier alpha value is -1.43. The molecule has 0 heterocycles. The average molecular weight is 284 g/mol. The zero-order chi connectivity index (χ0) is 14.7. The highest BCUT2D eigenvalue weighted by Crippen LogP contribution is 2.21.